The van der Waals surface area contributed by atoms with Gasteiger partial charge < -0.3 is 20.9 Å². The van der Waals surface area contributed by atoms with Crippen molar-refractivity contribution >= 4 is 34.6 Å². The molecule has 0 radical (unpaired) electrons. The number of carbonyl (C=O) groups is 2. The van der Waals surface area contributed by atoms with E-state index in [1.165, 1.54) is 24.1 Å². The lowest BCUT2D eigenvalue weighted by Gasteiger charge is -2.16. The fourth-order valence-corrected chi connectivity index (χ4v) is 2.83. The van der Waals surface area contributed by atoms with E-state index in [9.17, 15) is 14.4 Å². The summed E-state index contributed by atoms with van der Waals surface area (Å²) in [6.07, 6.45) is 2.54. The fourth-order valence-electron chi connectivity index (χ4n) is 2.83. The van der Waals surface area contributed by atoms with Crippen molar-refractivity contribution in [1.29, 1.82) is 0 Å². The Bertz CT molecular complexity index is 1190. The molecule has 2 aromatic heterocycles. The van der Waals surface area contributed by atoms with Crippen molar-refractivity contribution in [2.45, 2.75) is 19.9 Å². The van der Waals surface area contributed by atoms with Crippen molar-refractivity contribution in [2.24, 2.45) is 5.73 Å². The number of nitrogens with one attached hydrogen (secondary N) is 1. The molecule has 5 N–H and O–H groups in total. The summed E-state index contributed by atoms with van der Waals surface area (Å²) in [5.74, 6) is -0.578. The molecular formula is C19H21N7O5. The van der Waals surface area contributed by atoms with Crippen LogP contribution < -0.4 is 31.8 Å². The molecule has 0 atom stereocenters. The molecule has 0 aliphatic carbocycles. The first-order valence-corrected chi connectivity index (χ1v) is 9.27. The topological polar surface area (TPSA) is 177 Å². The normalized spacial score (nSPS) is 10.6. The molecule has 162 valence electrons. The van der Waals surface area contributed by atoms with Crippen LogP contribution in [0.3, 0.4) is 0 Å². The molecule has 0 aliphatic rings. The van der Waals surface area contributed by atoms with Crippen molar-refractivity contribution in [3.8, 4) is 11.5 Å². The predicted octanol–water partition coefficient (Wildman–Crippen LogP) is 0.304. The number of amides is 2. The number of primary amides is 1. The number of nitrogen functional groups attached to an aromatic ring is 1. The van der Waals surface area contributed by atoms with Gasteiger partial charge in [-0.1, -0.05) is 0 Å². The smallest absolute Gasteiger partial charge is 0.262 e. The molecule has 3 rings (SSSR count). The van der Waals surface area contributed by atoms with Crippen LogP contribution in [0.2, 0.25) is 0 Å². The molecule has 0 aliphatic heterocycles. The highest BCUT2D eigenvalue weighted by Gasteiger charge is 2.19. The third-order valence-electron chi connectivity index (χ3n) is 4.33. The largest absolute Gasteiger partial charge is 0.491 e. The predicted molar refractivity (Wildman–Crippen MR) is 112 cm³/mol. The molecule has 0 spiro atoms. The van der Waals surface area contributed by atoms with E-state index in [-0.39, 0.29) is 65.0 Å². The molecule has 12 nitrogen and oxygen atoms in total. The van der Waals surface area contributed by atoms with Crippen molar-refractivity contribution in [3.63, 3.8) is 0 Å². The maximum atomic E-state index is 13.0. The number of aromatic nitrogens is 4. The molecule has 0 saturated carbocycles. The number of hydrogen-bond donors (Lipinski definition) is 3. The van der Waals surface area contributed by atoms with Gasteiger partial charge in [-0.15, -0.1) is 0 Å². The molecule has 2 amide bonds. The number of nitrogens with zero attached hydrogens (tertiary/aromatic N) is 4. The highest BCUT2D eigenvalue weighted by molar-refractivity contribution is 6.03. The third kappa shape index (κ3) is 4.52. The minimum Gasteiger partial charge on any atom is -0.491 e. The van der Waals surface area contributed by atoms with E-state index in [1.807, 2.05) is 0 Å². The van der Waals surface area contributed by atoms with E-state index < -0.39 is 11.8 Å². The first-order chi connectivity index (χ1) is 14.8. The minimum absolute atomic E-state index is 0.00871. The summed E-state index contributed by atoms with van der Waals surface area (Å²) < 4.78 is 12.3. The molecule has 12 heteroatoms. The van der Waals surface area contributed by atoms with Gasteiger partial charge in [-0.05, 0) is 19.1 Å². The van der Waals surface area contributed by atoms with Crippen LogP contribution in [-0.4, -0.2) is 45.1 Å². The molecule has 0 bridgehead atoms. The summed E-state index contributed by atoms with van der Waals surface area (Å²) in [6.45, 7) is 2.04. The van der Waals surface area contributed by atoms with Gasteiger partial charge in [-0.3, -0.25) is 24.3 Å². The van der Waals surface area contributed by atoms with Gasteiger partial charge in [0.05, 0.1) is 31.1 Å². The molecule has 31 heavy (non-hydrogen) atoms. The van der Waals surface area contributed by atoms with Gasteiger partial charge in [0.1, 0.15) is 5.52 Å². The Hall–Kier alpha value is -4.22. The van der Waals surface area contributed by atoms with Gasteiger partial charge in [-0.2, -0.15) is 0 Å². The summed E-state index contributed by atoms with van der Waals surface area (Å²) in [4.78, 5) is 48.5. The second-order valence-electron chi connectivity index (χ2n) is 6.33. The van der Waals surface area contributed by atoms with Gasteiger partial charge in [0, 0.05) is 18.9 Å². The van der Waals surface area contributed by atoms with E-state index in [1.54, 1.807) is 19.1 Å². The second-order valence-corrected chi connectivity index (χ2v) is 6.33. The van der Waals surface area contributed by atoms with Crippen LogP contribution in [0.1, 0.15) is 23.7 Å². The van der Waals surface area contributed by atoms with E-state index in [0.29, 0.717) is 0 Å². The van der Waals surface area contributed by atoms with Crippen LogP contribution in [0.5, 0.6) is 11.5 Å². The average Bonchev–Trinajstić information content (AvgIpc) is 2.74. The summed E-state index contributed by atoms with van der Waals surface area (Å²) in [5, 5.41) is 2.87. The van der Waals surface area contributed by atoms with Crippen LogP contribution in [0.15, 0.2) is 29.3 Å². The molecule has 0 fully saturated rings. The van der Waals surface area contributed by atoms with Crippen molar-refractivity contribution in [3.05, 3.63) is 40.4 Å². The number of benzene rings is 1. The first kappa shape index (κ1) is 21.5. The highest BCUT2D eigenvalue weighted by atomic mass is 16.5. The lowest BCUT2D eigenvalue weighted by molar-refractivity contribution is -0.118. The summed E-state index contributed by atoms with van der Waals surface area (Å²) in [6, 6.07) is 3.09. The Morgan fingerprint density at radius 1 is 1.23 bits per heavy atom. The Labute approximate surface area is 176 Å². The van der Waals surface area contributed by atoms with E-state index >= 15 is 0 Å². The molecule has 2 heterocycles. The van der Waals surface area contributed by atoms with Crippen LogP contribution in [-0.2, 0) is 11.3 Å². The minimum atomic E-state index is -0.568. The molecule has 0 unspecified atom stereocenters. The highest BCUT2D eigenvalue weighted by Crippen LogP contribution is 2.34. The zero-order valence-corrected chi connectivity index (χ0v) is 16.9. The first-order valence-electron chi connectivity index (χ1n) is 9.27. The van der Waals surface area contributed by atoms with E-state index in [0.717, 1.165) is 0 Å². The number of rotatable bonds is 8. The third-order valence-corrected chi connectivity index (χ3v) is 4.33. The second kappa shape index (κ2) is 9.07. The quantitative estimate of drug-likeness (QED) is 0.456. The number of carbonyl (C=O) groups excluding carboxylic acids is 2. The van der Waals surface area contributed by atoms with E-state index in [4.69, 9.17) is 20.9 Å². The van der Waals surface area contributed by atoms with Gasteiger partial charge in [0.25, 0.3) is 11.5 Å². The van der Waals surface area contributed by atoms with Crippen LogP contribution >= 0.6 is 0 Å². The summed E-state index contributed by atoms with van der Waals surface area (Å²) in [5.41, 5.74) is 10.5. The number of methoxy groups -OCH3 is 1. The van der Waals surface area contributed by atoms with Crippen LogP contribution in [0, 0.1) is 0 Å². The molecular weight excluding hydrogens is 406 g/mol. The zero-order valence-electron chi connectivity index (χ0n) is 16.9. The number of nitrogens with two attached hydrogens (primary N) is 2. The Morgan fingerprint density at radius 3 is 2.55 bits per heavy atom. The Balaban J connectivity index is 2.05. The lowest BCUT2D eigenvalue weighted by Crippen LogP contribution is -2.27. The number of hydrogen-bond acceptors (Lipinski definition) is 9. The van der Waals surface area contributed by atoms with Crippen molar-refractivity contribution in [1.82, 2.24) is 19.5 Å². The van der Waals surface area contributed by atoms with Gasteiger partial charge in [-0.25, -0.2) is 15.0 Å². The standard InChI is InChI=1S/C19H21N7O5/c1-3-26-17(29)11-4-5-12(31-7-6-13(20)27)15(30-2)14(11)24-19(26)25-16(28)10-8-22-18(21)23-9-10/h4-5,8-9H,3,6-7H2,1-2H3,(H2,20,27)(H2,21,22,23)(H,24,25,28). The number of ether oxygens (including phenoxy) is 2. The lowest BCUT2D eigenvalue weighted by atomic mass is 10.2. The fraction of sp³-hybridized carbons (Fsp3) is 0.263. The summed E-state index contributed by atoms with van der Waals surface area (Å²) in [7, 11) is 1.40. The molecule has 0 saturated heterocycles. The van der Waals surface area contributed by atoms with Crippen molar-refractivity contribution < 1.29 is 19.1 Å². The van der Waals surface area contributed by atoms with Gasteiger partial charge >= 0.3 is 0 Å². The Kier molecular flexibility index (Phi) is 6.29. The van der Waals surface area contributed by atoms with Gasteiger partial charge in [0.2, 0.25) is 17.8 Å². The Morgan fingerprint density at radius 2 is 1.94 bits per heavy atom. The summed E-state index contributed by atoms with van der Waals surface area (Å²) >= 11 is 0. The van der Waals surface area contributed by atoms with E-state index in [2.05, 4.69) is 20.3 Å². The SMILES string of the molecule is CCn1c(NC(=O)c2cnc(N)nc2)nc2c(OC)c(OCCC(N)=O)ccc2c1=O. The maximum absolute atomic E-state index is 13.0. The average molecular weight is 427 g/mol. The maximum Gasteiger partial charge on any atom is 0.262 e. The number of fused-ring (bicyclic) bond motifs is 1. The van der Waals surface area contributed by atoms with Crippen LogP contribution in [0.25, 0.3) is 10.9 Å². The number of anilines is 2. The van der Waals surface area contributed by atoms with Gasteiger partial charge in [0.15, 0.2) is 11.5 Å². The monoisotopic (exact) mass is 427 g/mol. The zero-order chi connectivity index (χ0) is 22.5. The van der Waals surface area contributed by atoms with Crippen molar-refractivity contribution in [2.75, 3.05) is 24.8 Å². The van der Waals surface area contributed by atoms with Crippen LogP contribution in [0.4, 0.5) is 11.9 Å². The molecule has 3 aromatic rings. The molecule has 1 aromatic carbocycles.